The highest BCUT2D eigenvalue weighted by Crippen LogP contribution is 2.29. The predicted octanol–water partition coefficient (Wildman–Crippen LogP) is 3.35. The summed E-state index contributed by atoms with van der Waals surface area (Å²) in [6, 6.07) is 6.94. The van der Waals surface area contributed by atoms with E-state index in [-0.39, 0.29) is 10.7 Å². The van der Waals surface area contributed by atoms with Gasteiger partial charge in [-0.25, -0.2) is 4.85 Å². The standard InChI is InChI=1S/C19H19ClN6O2/c1-11(22-19(28)18-9-17(12(2)27)23-24-18)10-26-7-6-15(25-26)13-4-5-16(21-3)14(20)8-13/h4-9,11-12,27H,10H2,1-2H3,(H,22,28)(H,23,24)/t11-,12?/m0/s1/i10D2. The van der Waals surface area contributed by atoms with Gasteiger partial charge in [0.25, 0.3) is 5.91 Å². The molecule has 28 heavy (non-hydrogen) atoms. The number of halogens is 1. The topological polar surface area (TPSA) is 100 Å². The molecule has 2 aromatic heterocycles. The average molecular weight is 401 g/mol. The molecule has 0 aliphatic rings. The number of benzene rings is 1. The van der Waals surface area contributed by atoms with Crippen molar-refractivity contribution in [2.75, 3.05) is 0 Å². The maximum atomic E-state index is 12.4. The summed E-state index contributed by atoms with van der Waals surface area (Å²) in [5.41, 5.74) is 1.87. The van der Waals surface area contributed by atoms with Gasteiger partial charge in [-0.3, -0.25) is 14.6 Å². The van der Waals surface area contributed by atoms with Crippen LogP contribution in [0.4, 0.5) is 5.69 Å². The Kier molecular flexibility index (Phi) is 5.00. The molecule has 144 valence electrons. The van der Waals surface area contributed by atoms with E-state index < -0.39 is 24.5 Å². The Morgan fingerprint density at radius 2 is 2.25 bits per heavy atom. The van der Waals surface area contributed by atoms with E-state index in [1.165, 1.54) is 26.1 Å². The number of carbonyl (C=O) groups excluding carboxylic acids is 1. The fourth-order valence-corrected chi connectivity index (χ4v) is 2.70. The lowest BCUT2D eigenvalue weighted by atomic mass is 10.1. The molecule has 0 aliphatic carbocycles. The monoisotopic (exact) mass is 400 g/mol. The lowest BCUT2D eigenvalue weighted by Crippen LogP contribution is -2.36. The molecule has 1 aromatic carbocycles. The smallest absolute Gasteiger partial charge is 0.272 e. The Morgan fingerprint density at radius 3 is 2.89 bits per heavy atom. The normalized spacial score (nSPS) is 14.5. The molecule has 0 radical (unpaired) electrons. The maximum Gasteiger partial charge on any atom is 0.272 e. The summed E-state index contributed by atoms with van der Waals surface area (Å²) in [5, 5.41) is 23.1. The molecule has 8 nitrogen and oxygen atoms in total. The first-order valence-corrected chi connectivity index (χ1v) is 8.79. The zero-order valence-electron chi connectivity index (χ0n) is 17.1. The second-order valence-corrected chi connectivity index (χ2v) is 6.54. The minimum atomic E-state index is -2.04. The van der Waals surface area contributed by atoms with Crippen LogP contribution in [0.3, 0.4) is 0 Å². The maximum absolute atomic E-state index is 12.4. The Hall–Kier alpha value is -3.15. The average Bonchev–Trinajstić information content (AvgIpc) is 3.38. The molecule has 0 fully saturated rings. The minimum absolute atomic E-state index is 0.0456. The van der Waals surface area contributed by atoms with E-state index in [1.807, 2.05) is 0 Å². The van der Waals surface area contributed by atoms with Gasteiger partial charge in [0.15, 0.2) is 0 Å². The molecule has 2 atom stereocenters. The SMILES string of the molecule is [2H]C([2H])([C@H](C)NC(=O)c1cc(C(C)O)[nH]n1)n1ccc(-c2ccc([N+]#[C-])c(Cl)c2)n1. The van der Waals surface area contributed by atoms with Crippen LogP contribution in [0.25, 0.3) is 16.1 Å². The molecule has 1 amide bonds. The molecular formula is C19H19ClN6O2. The molecule has 9 heteroatoms. The van der Waals surface area contributed by atoms with Crippen LogP contribution in [0.2, 0.25) is 5.02 Å². The number of hydrogen-bond donors (Lipinski definition) is 3. The van der Waals surface area contributed by atoms with Crippen molar-refractivity contribution in [3.8, 4) is 11.3 Å². The number of aliphatic hydroxyl groups excluding tert-OH is 1. The zero-order chi connectivity index (χ0) is 22.1. The molecule has 0 saturated heterocycles. The van der Waals surface area contributed by atoms with Gasteiger partial charge in [-0.15, -0.1) is 0 Å². The van der Waals surface area contributed by atoms with Crippen LogP contribution in [0.15, 0.2) is 36.5 Å². The minimum Gasteiger partial charge on any atom is -0.387 e. The fraction of sp³-hybridized carbons (Fsp3) is 0.263. The summed E-state index contributed by atoms with van der Waals surface area (Å²) < 4.78 is 17.9. The Labute approximate surface area is 169 Å². The van der Waals surface area contributed by atoms with Crippen molar-refractivity contribution >= 4 is 23.2 Å². The summed E-state index contributed by atoms with van der Waals surface area (Å²) in [6.07, 6.45) is 0.664. The van der Waals surface area contributed by atoms with Crippen molar-refractivity contribution in [3.05, 3.63) is 64.4 Å². The van der Waals surface area contributed by atoms with Gasteiger partial charge in [-0.1, -0.05) is 23.7 Å². The molecule has 2 heterocycles. The van der Waals surface area contributed by atoms with Gasteiger partial charge in [-0.05, 0) is 32.0 Å². The number of aromatic nitrogens is 4. The number of nitrogens with one attached hydrogen (secondary N) is 2. The van der Waals surface area contributed by atoms with Crippen LogP contribution >= 0.6 is 11.6 Å². The first-order chi connectivity index (χ1) is 14.1. The van der Waals surface area contributed by atoms with Gasteiger partial charge in [0.1, 0.15) is 5.69 Å². The quantitative estimate of drug-likeness (QED) is 0.552. The van der Waals surface area contributed by atoms with Crippen LogP contribution in [0, 0.1) is 6.57 Å². The second kappa shape index (κ2) is 8.25. The number of amides is 1. The first kappa shape index (κ1) is 17.0. The van der Waals surface area contributed by atoms with Crippen molar-refractivity contribution in [3.63, 3.8) is 0 Å². The van der Waals surface area contributed by atoms with Crippen molar-refractivity contribution in [1.82, 2.24) is 25.3 Å². The number of nitrogens with zero attached hydrogens (tertiary/aromatic N) is 4. The number of carbonyl (C=O) groups is 1. The van der Waals surface area contributed by atoms with E-state index in [4.69, 9.17) is 20.9 Å². The lowest BCUT2D eigenvalue weighted by Gasteiger charge is -2.13. The number of aliphatic hydroxyl groups is 1. The molecule has 3 N–H and O–H groups in total. The molecular weight excluding hydrogens is 380 g/mol. The van der Waals surface area contributed by atoms with Crippen molar-refractivity contribution in [2.24, 2.45) is 0 Å². The van der Waals surface area contributed by atoms with Gasteiger partial charge in [0, 0.05) is 22.8 Å². The van der Waals surface area contributed by atoms with Gasteiger partial charge >= 0.3 is 0 Å². The third kappa shape index (κ3) is 4.39. The summed E-state index contributed by atoms with van der Waals surface area (Å²) in [7, 11) is 0. The van der Waals surface area contributed by atoms with Crippen LogP contribution in [0.1, 0.15) is 38.9 Å². The Bertz CT molecular complexity index is 1120. The Balaban J connectivity index is 1.77. The number of aromatic amines is 1. The molecule has 1 unspecified atom stereocenters. The fourth-order valence-electron chi connectivity index (χ4n) is 2.47. The highest BCUT2D eigenvalue weighted by Gasteiger charge is 2.16. The number of rotatable bonds is 6. The zero-order valence-corrected chi connectivity index (χ0v) is 15.9. The van der Waals surface area contributed by atoms with Gasteiger partial charge in [0.2, 0.25) is 5.69 Å². The Morgan fingerprint density at radius 1 is 1.46 bits per heavy atom. The van der Waals surface area contributed by atoms with Gasteiger partial charge < -0.3 is 10.4 Å². The van der Waals surface area contributed by atoms with Crippen LogP contribution in [-0.4, -0.2) is 37.0 Å². The van der Waals surface area contributed by atoms with E-state index in [0.717, 1.165) is 4.68 Å². The lowest BCUT2D eigenvalue weighted by molar-refractivity contribution is 0.0931. The first-order valence-electron chi connectivity index (χ1n) is 9.41. The van der Waals surface area contributed by atoms with Crippen LogP contribution in [0.5, 0.6) is 0 Å². The van der Waals surface area contributed by atoms with Gasteiger partial charge in [-0.2, -0.15) is 10.2 Å². The molecule has 0 aliphatic heterocycles. The molecule has 3 aromatic rings. The summed E-state index contributed by atoms with van der Waals surface area (Å²) in [5.74, 6) is -0.580. The highest BCUT2D eigenvalue weighted by atomic mass is 35.5. The molecule has 0 spiro atoms. The predicted molar refractivity (Wildman–Crippen MR) is 105 cm³/mol. The van der Waals surface area contributed by atoms with E-state index in [1.54, 1.807) is 24.3 Å². The third-order valence-corrected chi connectivity index (χ3v) is 4.21. The second-order valence-electron chi connectivity index (χ2n) is 6.13. The third-order valence-electron chi connectivity index (χ3n) is 3.91. The summed E-state index contributed by atoms with van der Waals surface area (Å²) in [4.78, 5) is 15.7. The molecule has 0 bridgehead atoms. The van der Waals surface area contributed by atoms with E-state index in [0.29, 0.717) is 22.6 Å². The highest BCUT2D eigenvalue weighted by molar-refractivity contribution is 6.33. The number of hydrogen-bond acceptors (Lipinski definition) is 4. The van der Waals surface area contributed by atoms with E-state index in [9.17, 15) is 9.90 Å². The van der Waals surface area contributed by atoms with Gasteiger partial charge in [0.05, 0.1) is 33.3 Å². The van der Waals surface area contributed by atoms with Crippen molar-refractivity contribution < 1.29 is 12.6 Å². The van der Waals surface area contributed by atoms with E-state index in [2.05, 4.69) is 25.5 Å². The molecule has 3 rings (SSSR count). The largest absolute Gasteiger partial charge is 0.387 e. The van der Waals surface area contributed by atoms with Crippen LogP contribution in [-0.2, 0) is 6.50 Å². The summed E-state index contributed by atoms with van der Waals surface area (Å²) in [6.45, 7) is 8.06. The van der Waals surface area contributed by atoms with Crippen molar-refractivity contribution in [1.29, 1.82) is 0 Å². The van der Waals surface area contributed by atoms with E-state index >= 15 is 0 Å². The number of H-pyrrole nitrogens is 1. The summed E-state index contributed by atoms with van der Waals surface area (Å²) >= 11 is 6.07. The molecule has 0 saturated carbocycles. The van der Waals surface area contributed by atoms with Crippen LogP contribution < -0.4 is 5.32 Å². The van der Waals surface area contributed by atoms with Crippen molar-refractivity contribution in [2.45, 2.75) is 32.5 Å².